The van der Waals surface area contributed by atoms with Crippen molar-refractivity contribution in [1.29, 1.82) is 0 Å². The van der Waals surface area contributed by atoms with Crippen LogP contribution in [0.15, 0.2) is 42.6 Å². The fourth-order valence-corrected chi connectivity index (χ4v) is 2.93. The van der Waals surface area contributed by atoms with Crippen molar-refractivity contribution in [3.63, 3.8) is 0 Å². The van der Waals surface area contributed by atoms with E-state index in [1.54, 1.807) is 43.8 Å². The lowest BCUT2D eigenvalue weighted by atomic mass is 9.97. The van der Waals surface area contributed by atoms with Gasteiger partial charge >= 0.3 is 5.97 Å². The van der Waals surface area contributed by atoms with Gasteiger partial charge in [0.25, 0.3) is 0 Å². The average molecular weight is 348 g/mol. The Hall–Kier alpha value is -3.10. The second-order valence-electron chi connectivity index (χ2n) is 6.66. The van der Waals surface area contributed by atoms with Gasteiger partial charge in [0.05, 0.1) is 29.4 Å². The third-order valence-corrected chi connectivity index (χ3v) is 4.28. The van der Waals surface area contributed by atoms with E-state index in [1.807, 2.05) is 24.3 Å². The number of benzene rings is 2. The molecule has 0 unspecified atom stereocenters. The highest BCUT2D eigenvalue weighted by atomic mass is 16.4. The summed E-state index contributed by atoms with van der Waals surface area (Å²) in [6.45, 7) is 5.64. The first-order valence-electron chi connectivity index (χ1n) is 8.27. The summed E-state index contributed by atoms with van der Waals surface area (Å²) in [6, 6.07) is 10.8. The number of rotatable bonds is 4. The normalized spacial score (nSPS) is 11.2. The van der Waals surface area contributed by atoms with Gasteiger partial charge in [-0.2, -0.15) is 5.10 Å². The lowest BCUT2D eigenvalue weighted by molar-refractivity contribution is 0.0697. The molecule has 5 heteroatoms. The minimum atomic E-state index is -0.995. The summed E-state index contributed by atoms with van der Waals surface area (Å²) in [5, 5.41) is 24.7. The smallest absolute Gasteiger partial charge is 0.337 e. The van der Waals surface area contributed by atoms with Gasteiger partial charge in [-0.3, -0.25) is 4.68 Å². The van der Waals surface area contributed by atoms with E-state index < -0.39 is 11.6 Å². The van der Waals surface area contributed by atoms with Crippen LogP contribution in [0.1, 0.15) is 47.8 Å². The number of hydrogen-bond donors (Lipinski definition) is 2. The number of carboxylic acid groups (broad SMARTS) is 1. The first-order chi connectivity index (χ1) is 12.3. The molecule has 0 atom stereocenters. The molecule has 0 saturated carbocycles. The minimum absolute atomic E-state index is 0.201. The van der Waals surface area contributed by atoms with E-state index in [4.69, 9.17) is 0 Å². The maximum absolute atomic E-state index is 11.6. The standard InChI is InChI=1S/C21H20N2O3/c1-4-5-15-8-11-17(20(24)25)19-18(15)12-22-23(19)13-14-6-9-16(10-7-14)21(2,3)26/h6-12,26H,13H2,1-3H3,(H,24,25). The second kappa shape index (κ2) is 6.66. The molecule has 0 spiro atoms. The summed E-state index contributed by atoms with van der Waals surface area (Å²) in [4.78, 5) is 11.6. The zero-order chi connectivity index (χ0) is 18.9. The molecule has 0 saturated heterocycles. The molecule has 1 heterocycles. The van der Waals surface area contributed by atoms with E-state index in [-0.39, 0.29) is 5.56 Å². The van der Waals surface area contributed by atoms with Crippen molar-refractivity contribution in [2.45, 2.75) is 32.9 Å². The Morgan fingerprint density at radius 2 is 1.88 bits per heavy atom. The van der Waals surface area contributed by atoms with E-state index in [0.29, 0.717) is 12.1 Å². The number of nitrogens with zero attached hydrogens (tertiary/aromatic N) is 2. The van der Waals surface area contributed by atoms with Gasteiger partial charge in [0.15, 0.2) is 0 Å². The van der Waals surface area contributed by atoms with Crippen LogP contribution in [0.4, 0.5) is 0 Å². The van der Waals surface area contributed by atoms with Crippen molar-refractivity contribution in [3.05, 3.63) is 64.8 Å². The third kappa shape index (κ3) is 3.32. The number of aromatic nitrogens is 2. The molecule has 0 radical (unpaired) electrons. The molecule has 0 aliphatic heterocycles. The number of aromatic carboxylic acids is 1. The Bertz CT molecular complexity index is 1030. The van der Waals surface area contributed by atoms with Crippen LogP contribution >= 0.6 is 0 Å². The van der Waals surface area contributed by atoms with Crippen LogP contribution in [0.25, 0.3) is 10.9 Å². The maximum Gasteiger partial charge on any atom is 0.337 e. The Labute approximate surface area is 151 Å². The molecule has 0 fully saturated rings. The van der Waals surface area contributed by atoms with Gasteiger partial charge in [-0.25, -0.2) is 4.79 Å². The van der Waals surface area contributed by atoms with Crippen LogP contribution in [-0.2, 0) is 12.1 Å². The molecule has 2 aromatic carbocycles. The molecule has 5 nitrogen and oxygen atoms in total. The van der Waals surface area contributed by atoms with Gasteiger partial charge in [0, 0.05) is 10.9 Å². The zero-order valence-electron chi connectivity index (χ0n) is 14.9. The van der Waals surface area contributed by atoms with Crippen LogP contribution in [-0.4, -0.2) is 26.0 Å². The van der Waals surface area contributed by atoms with Gasteiger partial charge in [0.2, 0.25) is 0 Å². The van der Waals surface area contributed by atoms with Crippen molar-refractivity contribution in [3.8, 4) is 11.8 Å². The third-order valence-electron chi connectivity index (χ3n) is 4.28. The first-order valence-corrected chi connectivity index (χ1v) is 8.27. The summed E-state index contributed by atoms with van der Waals surface area (Å²) >= 11 is 0. The monoisotopic (exact) mass is 348 g/mol. The van der Waals surface area contributed by atoms with Gasteiger partial charge < -0.3 is 10.2 Å². The Morgan fingerprint density at radius 3 is 2.46 bits per heavy atom. The van der Waals surface area contributed by atoms with Crippen LogP contribution in [0.5, 0.6) is 0 Å². The maximum atomic E-state index is 11.6. The highest BCUT2D eigenvalue weighted by Crippen LogP contribution is 2.24. The van der Waals surface area contributed by atoms with E-state index in [1.165, 1.54) is 0 Å². The fraction of sp³-hybridized carbons (Fsp3) is 0.238. The van der Waals surface area contributed by atoms with Crippen molar-refractivity contribution in [2.24, 2.45) is 0 Å². The van der Waals surface area contributed by atoms with E-state index in [0.717, 1.165) is 22.1 Å². The quantitative estimate of drug-likeness (QED) is 0.709. The molecule has 26 heavy (non-hydrogen) atoms. The molecule has 2 N–H and O–H groups in total. The number of aliphatic hydroxyl groups is 1. The Balaban J connectivity index is 2.06. The van der Waals surface area contributed by atoms with Crippen LogP contribution in [0, 0.1) is 11.8 Å². The van der Waals surface area contributed by atoms with Crippen LogP contribution < -0.4 is 0 Å². The lowest BCUT2D eigenvalue weighted by Gasteiger charge is -2.18. The first kappa shape index (κ1) is 17.7. The van der Waals surface area contributed by atoms with Crippen molar-refractivity contribution in [2.75, 3.05) is 0 Å². The molecule has 3 aromatic rings. The topological polar surface area (TPSA) is 75.3 Å². The second-order valence-corrected chi connectivity index (χ2v) is 6.66. The van der Waals surface area contributed by atoms with Crippen molar-refractivity contribution in [1.82, 2.24) is 9.78 Å². The van der Waals surface area contributed by atoms with Gasteiger partial charge in [-0.1, -0.05) is 30.2 Å². The summed E-state index contributed by atoms with van der Waals surface area (Å²) in [5.41, 5.74) is 2.40. The summed E-state index contributed by atoms with van der Waals surface area (Å²) in [7, 11) is 0. The largest absolute Gasteiger partial charge is 0.478 e. The Morgan fingerprint density at radius 1 is 1.19 bits per heavy atom. The summed E-state index contributed by atoms with van der Waals surface area (Å²) in [6.07, 6.45) is 1.66. The van der Waals surface area contributed by atoms with E-state index in [2.05, 4.69) is 16.9 Å². The fourth-order valence-electron chi connectivity index (χ4n) is 2.93. The number of carboxylic acids is 1. The van der Waals surface area contributed by atoms with Gasteiger partial charge in [-0.05, 0) is 44.0 Å². The molecule has 0 aliphatic rings. The zero-order valence-corrected chi connectivity index (χ0v) is 14.9. The summed E-state index contributed by atoms with van der Waals surface area (Å²) < 4.78 is 1.68. The summed E-state index contributed by atoms with van der Waals surface area (Å²) in [5.74, 6) is 4.84. The van der Waals surface area contributed by atoms with Crippen LogP contribution in [0.2, 0.25) is 0 Å². The van der Waals surface area contributed by atoms with E-state index >= 15 is 0 Å². The molecule has 1 aromatic heterocycles. The molecular weight excluding hydrogens is 328 g/mol. The number of fused-ring (bicyclic) bond motifs is 1. The highest BCUT2D eigenvalue weighted by molar-refractivity contribution is 6.03. The SMILES string of the molecule is CC#Cc1ccc(C(=O)O)c2c1cnn2Cc1ccc(C(C)(C)O)cc1. The molecule has 3 rings (SSSR count). The molecule has 0 amide bonds. The lowest BCUT2D eigenvalue weighted by Crippen LogP contribution is -2.15. The predicted molar refractivity (Wildman–Crippen MR) is 100 cm³/mol. The molecule has 0 aliphatic carbocycles. The minimum Gasteiger partial charge on any atom is -0.478 e. The number of hydrogen-bond acceptors (Lipinski definition) is 3. The van der Waals surface area contributed by atoms with Crippen molar-refractivity contribution < 1.29 is 15.0 Å². The van der Waals surface area contributed by atoms with Crippen molar-refractivity contribution >= 4 is 16.9 Å². The Kier molecular flexibility index (Phi) is 4.54. The van der Waals surface area contributed by atoms with E-state index in [9.17, 15) is 15.0 Å². The average Bonchev–Trinajstić information content (AvgIpc) is 2.99. The van der Waals surface area contributed by atoms with Crippen LogP contribution in [0.3, 0.4) is 0 Å². The molecular formula is C21H20N2O3. The highest BCUT2D eigenvalue weighted by Gasteiger charge is 2.17. The number of carbonyl (C=O) groups is 1. The van der Waals surface area contributed by atoms with Gasteiger partial charge in [0.1, 0.15) is 0 Å². The predicted octanol–water partition coefficient (Wildman–Crippen LogP) is 3.38. The molecule has 0 bridgehead atoms. The van der Waals surface area contributed by atoms with Gasteiger partial charge in [-0.15, -0.1) is 5.92 Å². The molecule has 132 valence electrons.